The molecule has 2 N–H and O–H groups in total. The van der Waals surface area contributed by atoms with Gasteiger partial charge in [0.2, 0.25) is 0 Å². The Kier molecular flexibility index (Phi) is 4.29. The molecule has 1 unspecified atom stereocenters. The van der Waals surface area contributed by atoms with Crippen molar-refractivity contribution in [3.8, 4) is 5.75 Å². The van der Waals surface area contributed by atoms with Gasteiger partial charge in [-0.3, -0.25) is 0 Å². The van der Waals surface area contributed by atoms with Crippen molar-refractivity contribution in [1.29, 1.82) is 0 Å². The Morgan fingerprint density at radius 2 is 1.71 bits per heavy atom. The fourth-order valence-electron chi connectivity index (χ4n) is 2.57. The predicted molar refractivity (Wildman–Crippen MR) is 79.9 cm³/mol. The van der Waals surface area contributed by atoms with E-state index in [4.69, 9.17) is 4.74 Å². The van der Waals surface area contributed by atoms with Gasteiger partial charge in [0.05, 0.1) is 12.7 Å². The number of aromatic carboxylic acids is 1. The first kappa shape index (κ1) is 15.1. The third-order valence-electron chi connectivity index (χ3n) is 3.49. The molecule has 2 aromatic rings. The average Bonchev–Trinajstić information content (AvgIpc) is 2.46. The smallest absolute Gasteiger partial charge is 0.336 e. The third-order valence-corrected chi connectivity index (χ3v) is 3.49. The number of ether oxygens (including phenoxy) is 1. The molecule has 0 saturated heterocycles. The van der Waals surface area contributed by atoms with Crippen molar-refractivity contribution < 1.29 is 19.7 Å². The van der Waals surface area contributed by atoms with Crippen LogP contribution in [-0.2, 0) is 0 Å². The van der Waals surface area contributed by atoms with Crippen molar-refractivity contribution in [1.82, 2.24) is 0 Å². The van der Waals surface area contributed by atoms with Crippen molar-refractivity contribution in [2.45, 2.75) is 20.0 Å². The lowest BCUT2D eigenvalue weighted by Gasteiger charge is -2.17. The summed E-state index contributed by atoms with van der Waals surface area (Å²) in [5.74, 6) is -0.274. The molecule has 0 amide bonds. The first-order valence-corrected chi connectivity index (χ1v) is 6.61. The molecule has 21 heavy (non-hydrogen) atoms. The van der Waals surface area contributed by atoms with Gasteiger partial charge in [-0.1, -0.05) is 18.2 Å². The largest absolute Gasteiger partial charge is 0.496 e. The monoisotopic (exact) mass is 286 g/mol. The van der Waals surface area contributed by atoms with E-state index in [0.717, 1.165) is 16.9 Å². The maximum atomic E-state index is 11.3. The third kappa shape index (κ3) is 2.90. The minimum absolute atomic E-state index is 0.108. The van der Waals surface area contributed by atoms with Crippen molar-refractivity contribution in [3.05, 3.63) is 64.2 Å². The molecule has 0 aliphatic heterocycles. The summed E-state index contributed by atoms with van der Waals surface area (Å²) >= 11 is 0. The number of carboxylic acids is 1. The molecule has 0 aliphatic carbocycles. The Morgan fingerprint density at radius 1 is 1.14 bits per heavy atom. The number of carboxylic acid groups (broad SMARTS) is 1. The van der Waals surface area contributed by atoms with Crippen LogP contribution in [0.5, 0.6) is 5.75 Å². The molecule has 4 heteroatoms. The van der Waals surface area contributed by atoms with Crippen LogP contribution in [0.15, 0.2) is 36.4 Å². The normalized spacial score (nSPS) is 12.0. The minimum atomic E-state index is -1.05. The quantitative estimate of drug-likeness (QED) is 0.906. The second-order valence-electron chi connectivity index (χ2n) is 4.98. The molecule has 0 aromatic heterocycles. The van der Waals surface area contributed by atoms with E-state index in [1.165, 1.54) is 6.07 Å². The van der Waals surface area contributed by atoms with Crippen LogP contribution >= 0.6 is 0 Å². The van der Waals surface area contributed by atoms with Crippen LogP contribution in [0.3, 0.4) is 0 Å². The van der Waals surface area contributed by atoms with Crippen LogP contribution in [0.25, 0.3) is 0 Å². The van der Waals surface area contributed by atoms with Gasteiger partial charge in [0, 0.05) is 0 Å². The number of benzene rings is 2. The van der Waals surface area contributed by atoms with E-state index in [-0.39, 0.29) is 5.56 Å². The Bertz CT molecular complexity index is 653. The zero-order valence-electron chi connectivity index (χ0n) is 12.3. The molecule has 2 aromatic carbocycles. The number of hydrogen-bond acceptors (Lipinski definition) is 3. The molecule has 0 radical (unpaired) electrons. The van der Waals surface area contributed by atoms with E-state index in [1.807, 2.05) is 26.0 Å². The van der Waals surface area contributed by atoms with E-state index >= 15 is 0 Å². The predicted octanol–water partition coefficient (Wildman–Crippen LogP) is 3.09. The minimum Gasteiger partial charge on any atom is -0.496 e. The molecule has 4 nitrogen and oxygen atoms in total. The molecule has 0 spiro atoms. The molecular formula is C17H18O4. The molecule has 0 bridgehead atoms. The first-order valence-electron chi connectivity index (χ1n) is 6.61. The van der Waals surface area contributed by atoms with E-state index in [0.29, 0.717) is 11.1 Å². The number of aryl methyl sites for hydroxylation is 2. The molecular weight excluding hydrogens is 268 g/mol. The van der Waals surface area contributed by atoms with Crippen LogP contribution in [0.2, 0.25) is 0 Å². The van der Waals surface area contributed by atoms with Gasteiger partial charge in [0.25, 0.3) is 0 Å². The van der Waals surface area contributed by atoms with Gasteiger partial charge >= 0.3 is 5.97 Å². The molecule has 0 heterocycles. The maximum absolute atomic E-state index is 11.3. The fraction of sp³-hybridized carbons (Fsp3) is 0.235. The highest BCUT2D eigenvalue weighted by molar-refractivity contribution is 5.89. The summed E-state index contributed by atoms with van der Waals surface area (Å²) in [4.78, 5) is 11.3. The van der Waals surface area contributed by atoms with E-state index < -0.39 is 12.1 Å². The Labute approximate surface area is 123 Å². The van der Waals surface area contributed by atoms with Gasteiger partial charge in [-0.2, -0.15) is 0 Å². The summed E-state index contributed by atoms with van der Waals surface area (Å²) < 4.78 is 5.30. The number of rotatable bonds is 4. The van der Waals surface area contributed by atoms with Crippen LogP contribution in [-0.4, -0.2) is 23.3 Å². The summed E-state index contributed by atoms with van der Waals surface area (Å²) in [5, 5.41) is 19.8. The van der Waals surface area contributed by atoms with Crippen molar-refractivity contribution in [2.24, 2.45) is 0 Å². The van der Waals surface area contributed by atoms with E-state index in [1.54, 1.807) is 25.3 Å². The zero-order chi connectivity index (χ0) is 15.6. The van der Waals surface area contributed by atoms with Crippen LogP contribution in [0, 0.1) is 13.8 Å². The SMILES string of the molecule is COc1c(C)cc(C(O)c2ccccc2C(=O)O)cc1C. The lowest BCUT2D eigenvalue weighted by molar-refractivity contribution is 0.0691. The Balaban J connectivity index is 2.51. The summed E-state index contributed by atoms with van der Waals surface area (Å²) in [6.45, 7) is 3.79. The van der Waals surface area contributed by atoms with Crippen LogP contribution in [0.4, 0.5) is 0 Å². The van der Waals surface area contributed by atoms with Gasteiger partial charge in [0.15, 0.2) is 0 Å². The average molecular weight is 286 g/mol. The zero-order valence-corrected chi connectivity index (χ0v) is 12.3. The highest BCUT2D eigenvalue weighted by Crippen LogP contribution is 2.31. The topological polar surface area (TPSA) is 66.8 Å². The van der Waals surface area contributed by atoms with Crippen LogP contribution in [0.1, 0.15) is 38.7 Å². The van der Waals surface area contributed by atoms with Gasteiger partial charge in [-0.05, 0) is 54.3 Å². The summed E-state index contributed by atoms with van der Waals surface area (Å²) in [7, 11) is 1.60. The van der Waals surface area contributed by atoms with Gasteiger partial charge < -0.3 is 14.9 Å². The fourth-order valence-corrected chi connectivity index (χ4v) is 2.57. The second kappa shape index (κ2) is 5.97. The summed E-state index contributed by atoms with van der Waals surface area (Å²) in [6.07, 6.45) is -0.986. The second-order valence-corrected chi connectivity index (χ2v) is 4.98. The summed E-state index contributed by atoms with van der Waals surface area (Å²) in [5.41, 5.74) is 2.95. The Morgan fingerprint density at radius 3 is 2.24 bits per heavy atom. The molecule has 0 aliphatic rings. The molecule has 110 valence electrons. The van der Waals surface area contributed by atoms with Crippen molar-refractivity contribution in [2.75, 3.05) is 7.11 Å². The van der Waals surface area contributed by atoms with Crippen molar-refractivity contribution in [3.63, 3.8) is 0 Å². The first-order chi connectivity index (χ1) is 9.95. The van der Waals surface area contributed by atoms with Gasteiger partial charge in [-0.25, -0.2) is 4.79 Å². The molecule has 0 saturated carbocycles. The van der Waals surface area contributed by atoms with E-state index in [9.17, 15) is 15.0 Å². The summed E-state index contributed by atoms with van der Waals surface area (Å²) in [6, 6.07) is 10.1. The molecule has 1 atom stereocenters. The number of hydrogen-bond donors (Lipinski definition) is 2. The number of carbonyl (C=O) groups is 1. The van der Waals surface area contributed by atoms with E-state index in [2.05, 4.69) is 0 Å². The van der Waals surface area contributed by atoms with Crippen LogP contribution < -0.4 is 4.74 Å². The number of aliphatic hydroxyl groups is 1. The van der Waals surface area contributed by atoms with Gasteiger partial charge in [0.1, 0.15) is 11.9 Å². The number of aliphatic hydroxyl groups excluding tert-OH is 1. The molecule has 0 fully saturated rings. The maximum Gasteiger partial charge on any atom is 0.336 e. The standard InChI is InChI=1S/C17H18O4/c1-10-8-12(9-11(2)16(10)21-3)15(18)13-6-4-5-7-14(13)17(19)20/h4-9,15,18H,1-3H3,(H,19,20). The van der Waals surface area contributed by atoms with Crippen molar-refractivity contribution >= 4 is 5.97 Å². The lowest BCUT2D eigenvalue weighted by Crippen LogP contribution is -2.09. The number of methoxy groups -OCH3 is 1. The highest BCUT2D eigenvalue weighted by atomic mass is 16.5. The van der Waals surface area contributed by atoms with Gasteiger partial charge in [-0.15, -0.1) is 0 Å². The molecule has 2 rings (SSSR count). The Hall–Kier alpha value is -2.33. The lowest BCUT2D eigenvalue weighted by atomic mass is 9.94. The highest BCUT2D eigenvalue weighted by Gasteiger charge is 2.19.